The molecule has 0 bridgehead atoms. The topological polar surface area (TPSA) is 29.1 Å². The Kier molecular flexibility index (Phi) is 3.07. The smallest absolute Gasteiger partial charge is 0.326 e. The molecule has 0 saturated carbocycles. The van der Waals surface area contributed by atoms with Crippen LogP contribution < -0.4 is 5.32 Å². The molecule has 1 aliphatic rings. The van der Waals surface area contributed by atoms with Crippen LogP contribution in [0.3, 0.4) is 0 Å². The predicted molar refractivity (Wildman–Crippen MR) is 45.3 cm³/mol. The number of nitrogens with one attached hydrogen (secondary N) is 1. The molecule has 1 amide bonds. The number of hydrogen-bond acceptors (Lipinski definition) is 1. The van der Waals surface area contributed by atoms with Gasteiger partial charge in [0.05, 0.1) is 6.42 Å². The van der Waals surface area contributed by atoms with Crippen LogP contribution in [-0.4, -0.2) is 17.8 Å². The lowest BCUT2D eigenvalue weighted by Crippen LogP contribution is -2.42. The predicted octanol–water partition coefficient (Wildman–Crippen LogP) is 2.35. The van der Waals surface area contributed by atoms with E-state index < -0.39 is 29.3 Å². The van der Waals surface area contributed by atoms with Gasteiger partial charge < -0.3 is 5.32 Å². The van der Waals surface area contributed by atoms with Gasteiger partial charge in [-0.3, -0.25) is 4.79 Å². The van der Waals surface area contributed by atoms with Crippen LogP contribution in [0.5, 0.6) is 0 Å². The number of halogens is 5. The Morgan fingerprint density at radius 1 is 1.44 bits per heavy atom. The van der Waals surface area contributed by atoms with E-state index in [1.165, 1.54) is 0 Å². The first-order valence-electron chi connectivity index (χ1n) is 4.13. The number of hydrogen-bond donors (Lipinski definition) is 1. The zero-order valence-electron chi connectivity index (χ0n) is 8.03. The molecule has 0 aliphatic heterocycles. The van der Waals surface area contributed by atoms with Crippen LogP contribution >= 0.6 is 0 Å². The SMILES string of the molecule is CC(=O)NC1=CC(F)(C(F)(F)F)[CH]C(F)=C1. The van der Waals surface area contributed by atoms with E-state index >= 15 is 0 Å². The van der Waals surface area contributed by atoms with E-state index in [2.05, 4.69) is 0 Å². The summed E-state index contributed by atoms with van der Waals surface area (Å²) < 4.78 is 62.9. The first-order chi connectivity index (χ1) is 7.14. The minimum atomic E-state index is -5.28. The minimum absolute atomic E-state index is 0.109. The summed E-state index contributed by atoms with van der Waals surface area (Å²) in [6, 6.07) is 0. The molecule has 2 nitrogen and oxygen atoms in total. The third kappa shape index (κ3) is 2.59. The first kappa shape index (κ1) is 12.7. The Morgan fingerprint density at radius 3 is 2.44 bits per heavy atom. The second kappa shape index (κ2) is 3.88. The molecule has 0 aromatic heterocycles. The third-order valence-electron chi connectivity index (χ3n) is 1.76. The van der Waals surface area contributed by atoms with Gasteiger partial charge in [0.1, 0.15) is 5.83 Å². The van der Waals surface area contributed by atoms with Crippen LogP contribution in [0.25, 0.3) is 0 Å². The van der Waals surface area contributed by atoms with Crippen molar-refractivity contribution in [3.8, 4) is 0 Å². The average molecular weight is 240 g/mol. The molecule has 0 aromatic rings. The fourth-order valence-corrected chi connectivity index (χ4v) is 1.14. The molecule has 0 aromatic carbocycles. The summed E-state index contributed by atoms with van der Waals surface area (Å²) >= 11 is 0. The Labute approximate surface area is 87.8 Å². The lowest BCUT2D eigenvalue weighted by Gasteiger charge is -2.27. The average Bonchev–Trinajstić information content (AvgIpc) is 1.97. The van der Waals surface area contributed by atoms with Gasteiger partial charge in [0, 0.05) is 12.6 Å². The molecule has 7 heteroatoms. The van der Waals surface area contributed by atoms with Gasteiger partial charge in [-0.05, 0) is 12.2 Å². The fourth-order valence-electron chi connectivity index (χ4n) is 1.14. The second-order valence-electron chi connectivity index (χ2n) is 3.22. The summed E-state index contributed by atoms with van der Waals surface area (Å²) in [5.41, 5.74) is -4.46. The van der Waals surface area contributed by atoms with E-state index in [9.17, 15) is 26.7 Å². The highest BCUT2D eigenvalue weighted by atomic mass is 19.4. The third-order valence-corrected chi connectivity index (χ3v) is 1.76. The number of allylic oxidation sites excluding steroid dienone is 3. The van der Waals surface area contributed by atoms with Crippen LogP contribution in [0.1, 0.15) is 6.92 Å². The van der Waals surface area contributed by atoms with Crippen LogP contribution in [0.4, 0.5) is 22.0 Å². The highest BCUT2D eigenvalue weighted by molar-refractivity contribution is 5.75. The molecule has 89 valence electrons. The highest BCUT2D eigenvalue weighted by Crippen LogP contribution is 2.42. The quantitative estimate of drug-likeness (QED) is 0.700. The number of alkyl halides is 4. The fraction of sp³-hybridized carbons (Fsp3) is 0.333. The maximum Gasteiger partial charge on any atom is 0.426 e. The summed E-state index contributed by atoms with van der Waals surface area (Å²) in [6.07, 6.45) is -4.76. The van der Waals surface area contributed by atoms with Crippen molar-refractivity contribution >= 4 is 5.91 Å². The van der Waals surface area contributed by atoms with Crippen LogP contribution in [-0.2, 0) is 4.79 Å². The number of carbonyl (C=O) groups is 1. The minimum Gasteiger partial charge on any atom is -0.326 e. The van der Waals surface area contributed by atoms with Gasteiger partial charge in [0.25, 0.3) is 0 Å². The largest absolute Gasteiger partial charge is 0.426 e. The van der Waals surface area contributed by atoms with E-state index in [-0.39, 0.29) is 12.5 Å². The van der Waals surface area contributed by atoms with Gasteiger partial charge in [-0.15, -0.1) is 0 Å². The monoisotopic (exact) mass is 240 g/mol. The Morgan fingerprint density at radius 2 is 2.00 bits per heavy atom. The molecule has 1 aliphatic carbocycles. The molecule has 0 spiro atoms. The molecular weight excluding hydrogens is 233 g/mol. The number of amides is 1. The van der Waals surface area contributed by atoms with E-state index in [1.54, 1.807) is 0 Å². The van der Waals surface area contributed by atoms with Crippen molar-refractivity contribution in [1.82, 2.24) is 5.32 Å². The summed E-state index contributed by atoms with van der Waals surface area (Å²) in [4.78, 5) is 10.6. The van der Waals surface area contributed by atoms with E-state index in [0.717, 1.165) is 6.92 Å². The Hall–Kier alpha value is -1.40. The van der Waals surface area contributed by atoms with Crippen molar-refractivity contribution in [2.24, 2.45) is 0 Å². The molecule has 1 atom stereocenters. The van der Waals surface area contributed by atoms with Gasteiger partial charge >= 0.3 is 6.18 Å². The van der Waals surface area contributed by atoms with Crippen molar-refractivity contribution in [3.05, 3.63) is 30.1 Å². The van der Waals surface area contributed by atoms with Crippen molar-refractivity contribution in [1.29, 1.82) is 0 Å². The standard InChI is InChI=1S/C9H7F5NO/c1-5(16)15-7-2-6(10)3-8(11,4-7)9(12,13)14/h2-4H,1H3,(H,15,16). The summed E-state index contributed by atoms with van der Waals surface area (Å²) in [5.74, 6) is -2.12. The lowest BCUT2D eigenvalue weighted by atomic mass is 9.94. The highest BCUT2D eigenvalue weighted by Gasteiger charge is 2.56. The summed E-state index contributed by atoms with van der Waals surface area (Å²) in [7, 11) is 0. The van der Waals surface area contributed by atoms with Crippen LogP contribution in [0.15, 0.2) is 23.7 Å². The van der Waals surface area contributed by atoms with Gasteiger partial charge in [0.2, 0.25) is 11.6 Å². The van der Waals surface area contributed by atoms with E-state index in [0.29, 0.717) is 6.08 Å². The maximum absolute atomic E-state index is 13.3. The number of rotatable bonds is 1. The molecular formula is C9H7F5NO. The second-order valence-corrected chi connectivity index (χ2v) is 3.22. The van der Waals surface area contributed by atoms with Crippen LogP contribution in [0, 0.1) is 6.42 Å². The number of carbonyl (C=O) groups excluding carboxylic acids is 1. The van der Waals surface area contributed by atoms with E-state index in [1.807, 2.05) is 5.32 Å². The van der Waals surface area contributed by atoms with Gasteiger partial charge in [-0.2, -0.15) is 13.2 Å². The van der Waals surface area contributed by atoms with Gasteiger partial charge in [-0.1, -0.05) is 0 Å². The molecule has 0 heterocycles. The van der Waals surface area contributed by atoms with Crippen molar-refractivity contribution in [3.63, 3.8) is 0 Å². The molecule has 0 fully saturated rings. The first-order valence-corrected chi connectivity index (χ1v) is 4.13. The lowest BCUT2D eigenvalue weighted by molar-refractivity contribution is -0.200. The maximum atomic E-state index is 13.3. The van der Waals surface area contributed by atoms with Gasteiger partial charge in [-0.25, -0.2) is 8.78 Å². The molecule has 1 unspecified atom stereocenters. The molecule has 1 N–H and O–H groups in total. The van der Waals surface area contributed by atoms with Crippen LogP contribution in [0.2, 0.25) is 0 Å². The summed E-state index contributed by atoms with van der Waals surface area (Å²) in [5, 5.41) is 1.89. The van der Waals surface area contributed by atoms with E-state index in [4.69, 9.17) is 0 Å². The zero-order valence-corrected chi connectivity index (χ0v) is 8.03. The summed E-state index contributed by atoms with van der Waals surface area (Å²) in [6.45, 7) is 1.01. The molecule has 1 radical (unpaired) electrons. The molecule has 1 rings (SSSR count). The zero-order chi connectivity index (χ0) is 12.6. The van der Waals surface area contributed by atoms with Crippen molar-refractivity contribution in [2.75, 3.05) is 0 Å². The van der Waals surface area contributed by atoms with Crippen molar-refractivity contribution < 1.29 is 26.7 Å². The van der Waals surface area contributed by atoms with Crippen molar-refractivity contribution in [2.45, 2.75) is 18.8 Å². The van der Waals surface area contributed by atoms with Gasteiger partial charge in [0.15, 0.2) is 0 Å². The Balaban J connectivity index is 3.05. The Bertz CT molecular complexity index is 371. The molecule has 16 heavy (non-hydrogen) atoms. The normalized spacial score (nSPS) is 25.9. The molecule has 0 saturated heterocycles.